The third-order valence-corrected chi connectivity index (χ3v) is 2.95. The Labute approximate surface area is 107 Å². The summed E-state index contributed by atoms with van der Waals surface area (Å²) >= 11 is 5.96. The summed E-state index contributed by atoms with van der Waals surface area (Å²) in [6, 6.07) is 7.90. The summed E-state index contributed by atoms with van der Waals surface area (Å²) in [7, 11) is 3.97. The summed E-state index contributed by atoms with van der Waals surface area (Å²) in [5.74, 6) is 0.955. The van der Waals surface area contributed by atoms with Crippen LogP contribution in [0.2, 0.25) is 5.02 Å². The first-order valence-corrected chi connectivity index (χ1v) is 5.87. The lowest BCUT2D eigenvalue weighted by molar-refractivity contribution is 0.831. The highest BCUT2D eigenvalue weighted by molar-refractivity contribution is 6.30. The molecule has 1 aromatic carbocycles. The molecule has 0 radical (unpaired) electrons. The molecule has 4 heteroatoms. The van der Waals surface area contributed by atoms with Crippen LogP contribution in [0.25, 0.3) is 5.69 Å². The molecule has 2 aromatic rings. The van der Waals surface area contributed by atoms with E-state index < -0.39 is 0 Å². The first-order valence-electron chi connectivity index (χ1n) is 5.49. The van der Waals surface area contributed by atoms with Gasteiger partial charge in [0, 0.05) is 30.9 Å². The summed E-state index contributed by atoms with van der Waals surface area (Å²) in [6.45, 7) is 4.09. The summed E-state index contributed by atoms with van der Waals surface area (Å²) in [4.78, 5) is 1.99. The Morgan fingerprint density at radius 1 is 1.18 bits per heavy atom. The van der Waals surface area contributed by atoms with Crippen LogP contribution in [0.3, 0.4) is 0 Å². The van der Waals surface area contributed by atoms with Crippen molar-refractivity contribution in [1.29, 1.82) is 0 Å². The number of halogens is 1. The first-order chi connectivity index (χ1) is 7.99. The number of rotatable bonds is 2. The zero-order valence-corrected chi connectivity index (χ0v) is 11.3. The maximum Gasteiger partial charge on any atom is 0.150 e. The van der Waals surface area contributed by atoms with E-state index in [1.54, 1.807) is 0 Å². The Hall–Kier alpha value is -1.48. The molecule has 0 N–H and O–H groups in total. The molecule has 17 heavy (non-hydrogen) atoms. The predicted molar refractivity (Wildman–Crippen MR) is 72.4 cm³/mol. The number of hydrogen-bond acceptors (Lipinski definition) is 2. The second kappa shape index (κ2) is 4.41. The largest absolute Gasteiger partial charge is 0.361 e. The van der Waals surface area contributed by atoms with E-state index in [9.17, 15) is 0 Å². The van der Waals surface area contributed by atoms with Crippen molar-refractivity contribution in [1.82, 2.24) is 9.78 Å². The van der Waals surface area contributed by atoms with Gasteiger partial charge in [-0.15, -0.1) is 0 Å². The average molecular weight is 250 g/mol. The van der Waals surface area contributed by atoms with Gasteiger partial charge in [0.25, 0.3) is 0 Å². The Bertz CT molecular complexity index is 544. The van der Waals surface area contributed by atoms with Crippen LogP contribution in [0.4, 0.5) is 5.82 Å². The van der Waals surface area contributed by atoms with E-state index in [2.05, 4.69) is 11.2 Å². The molecule has 0 aliphatic carbocycles. The minimum absolute atomic E-state index is 0.754. The maximum absolute atomic E-state index is 5.96. The van der Waals surface area contributed by atoms with Gasteiger partial charge in [0.15, 0.2) is 5.82 Å². The average Bonchev–Trinajstić information content (AvgIpc) is 2.61. The van der Waals surface area contributed by atoms with E-state index in [1.807, 2.05) is 55.7 Å². The molecule has 1 heterocycles. The topological polar surface area (TPSA) is 21.1 Å². The third kappa shape index (κ3) is 2.29. The number of anilines is 1. The number of benzene rings is 1. The molecule has 0 atom stereocenters. The van der Waals surface area contributed by atoms with E-state index in [0.29, 0.717) is 0 Å². The van der Waals surface area contributed by atoms with Crippen LogP contribution in [0.5, 0.6) is 0 Å². The van der Waals surface area contributed by atoms with Crippen molar-refractivity contribution in [2.75, 3.05) is 19.0 Å². The highest BCUT2D eigenvalue weighted by atomic mass is 35.5. The van der Waals surface area contributed by atoms with Gasteiger partial charge in [-0.1, -0.05) is 11.6 Å². The molecule has 1 aromatic heterocycles. The Kier molecular flexibility index (Phi) is 3.11. The SMILES string of the molecule is Cc1cc(Cl)ccc1-n1nc(N(C)C)cc1C. The third-order valence-electron chi connectivity index (χ3n) is 2.72. The highest BCUT2D eigenvalue weighted by Gasteiger charge is 2.09. The zero-order valence-electron chi connectivity index (χ0n) is 10.5. The van der Waals surface area contributed by atoms with Crippen molar-refractivity contribution >= 4 is 17.4 Å². The van der Waals surface area contributed by atoms with Crippen LogP contribution < -0.4 is 4.90 Å². The van der Waals surface area contributed by atoms with Crippen LogP contribution in [0.1, 0.15) is 11.3 Å². The molecule has 90 valence electrons. The van der Waals surface area contributed by atoms with Crippen molar-refractivity contribution in [3.63, 3.8) is 0 Å². The molecule has 0 aliphatic rings. The van der Waals surface area contributed by atoms with Crippen LogP contribution in [0.15, 0.2) is 24.3 Å². The molecular formula is C13H16ClN3. The van der Waals surface area contributed by atoms with Crippen LogP contribution in [0, 0.1) is 13.8 Å². The lowest BCUT2D eigenvalue weighted by Crippen LogP contribution is -2.10. The van der Waals surface area contributed by atoms with Gasteiger partial charge in [0.1, 0.15) is 0 Å². The fourth-order valence-electron chi connectivity index (χ4n) is 1.78. The predicted octanol–water partition coefficient (Wildman–Crippen LogP) is 3.21. The standard InChI is InChI=1S/C13H16ClN3/c1-9-7-11(14)5-6-12(9)17-10(2)8-13(15-17)16(3)4/h5-8H,1-4H3. The zero-order chi connectivity index (χ0) is 12.6. The van der Waals surface area contributed by atoms with E-state index in [4.69, 9.17) is 11.6 Å². The van der Waals surface area contributed by atoms with E-state index >= 15 is 0 Å². The van der Waals surface area contributed by atoms with Gasteiger partial charge >= 0.3 is 0 Å². The smallest absolute Gasteiger partial charge is 0.150 e. The monoisotopic (exact) mass is 249 g/mol. The van der Waals surface area contributed by atoms with Gasteiger partial charge in [0.2, 0.25) is 0 Å². The van der Waals surface area contributed by atoms with Crippen LogP contribution in [-0.2, 0) is 0 Å². The van der Waals surface area contributed by atoms with E-state index in [-0.39, 0.29) is 0 Å². The van der Waals surface area contributed by atoms with Gasteiger partial charge < -0.3 is 4.90 Å². The molecule has 3 nitrogen and oxygen atoms in total. The van der Waals surface area contributed by atoms with Crippen molar-refractivity contribution < 1.29 is 0 Å². The number of hydrogen-bond donors (Lipinski definition) is 0. The summed E-state index contributed by atoms with van der Waals surface area (Å²) in [5, 5.41) is 5.32. The number of nitrogens with zero attached hydrogens (tertiary/aromatic N) is 3. The Morgan fingerprint density at radius 2 is 1.88 bits per heavy atom. The van der Waals surface area contributed by atoms with Gasteiger partial charge in [0.05, 0.1) is 5.69 Å². The molecule has 0 spiro atoms. The van der Waals surface area contributed by atoms with E-state index in [1.165, 1.54) is 0 Å². The van der Waals surface area contributed by atoms with Crippen molar-refractivity contribution in [2.45, 2.75) is 13.8 Å². The number of aromatic nitrogens is 2. The normalized spacial score (nSPS) is 10.6. The number of aryl methyl sites for hydroxylation is 2. The summed E-state index contributed by atoms with van der Waals surface area (Å²) in [5.41, 5.74) is 3.30. The minimum atomic E-state index is 0.754. The van der Waals surface area contributed by atoms with Gasteiger partial charge in [-0.2, -0.15) is 5.10 Å². The fourth-order valence-corrected chi connectivity index (χ4v) is 2.00. The van der Waals surface area contributed by atoms with Crippen LogP contribution >= 0.6 is 11.6 Å². The molecule has 0 saturated carbocycles. The Balaban J connectivity index is 2.52. The van der Waals surface area contributed by atoms with Gasteiger partial charge in [-0.05, 0) is 37.6 Å². The molecule has 0 unspecified atom stereocenters. The van der Waals surface area contributed by atoms with Crippen LogP contribution in [-0.4, -0.2) is 23.9 Å². The van der Waals surface area contributed by atoms with Crippen molar-refractivity contribution in [3.8, 4) is 5.69 Å². The summed E-state index contributed by atoms with van der Waals surface area (Å²) in [6.07, 6.45) is 0. The van der Waals surface area contributed by atoms with E-state index in [0.717, 1.165) is 27.8 Å². The molecule has 0 aliphatic heterocycles. The molecule has 0 fully saturated rings. The quantitative estimate of drug-likeness (QED) is 0.815. The second-order valence-electron chi connectivity index (χ2n) is 4.38. The summed E-state index contributed by atoms with van der Waals surface area (Å²) < 4.78 is 1.95. The first kappa shape index (κ1) is 12.0. The molecule has 0 saturated heterocycles. The van der Waals surface area contributed by atoms with Gasteiger partial charge in [-0.25, -0.2) is 4.68 Å². The fraction of sp³-hybridized carbons (Fsp3) is 0.308. The van der Waals surface area contributed by atoms with Crippen molar-refractivity contribution in [2.24, 2.45) is 0 Å². The lowest BCUT2D eigenvalue weighted by Gasteiger charge is -2.09. The molecular weight excluding hydrogens is 234 g/mol. The molecule has 0 bridgehead atoms. The second-order valence-corrected chi connectivity index (χ2v) is 4.82. The highest BCUT2D eigenvalue weighted by Crippen LogP contribution is 2.22. The Morgan fingerprint density at radius 3 is 2.41 bits per heavy atom. The van der Waals surface area contributed by atoms with Gasteiger partial charge in [-0.3, -0.25) is 0 Å². The minimum Gasteiger partial charge on any atom is -0.361 e. The lowest BCUT2D eigenvalue weighted by atomic mass is 10.2. The molecule has 2 rings (SSSR count). The molecule has 0 amide bonds. The maximum atomic E-state index is 5.96. The van der Waals surface area contributed by atoms with Crippen molar-refractivity contribution in [3.05, 3.63) is 40.5 Å².